The first kappa shape index (κ1) is 14.0. The monoisotopic (exact) mass is 280 g/mol. The zero-order valence-corrected chi connectivity index (χ0v) is 11.9. The molecule has 5 heteroatoms. The first-order valence-corrected chi connectivity index (χ1v) is 6.72. The summed E-state index contributed by atoms with van der Waals surface area (Å²) in [5.74, 6) is 0.796. The highest BCUT2D eigenvalue weighted by Crippen LogP contribution is 2.27. The van der Waals surface area contributed by atoms with Gasteiger partial charge in [-0.1, -0.05) is 18.5 Å². The maximum absolute atomic E-state index is 6.08. The number of ether oxygens (including phenoxy) is 2. The van der Waals surface area contributed by atoms with Crippen molar-refractivity contribution < 1.29 is 9.47 Å². The SMILES string of the molecule is CCCOCCOc1cc2nncc(Cl)c2cc1C. The number of hydrogen-bond donors (Lipinski definition) is 0. The lowest BCUT2D eigenvalue weighted by molar-refractivity contribution is 0.100. The summed E-state index contributed by atoms with van der Waals surface area (Å²) >= 11 is 6.08. The zero-order valence-electron chi connectivity index (χ0n) is 11.1. The van der Waals surface area contributed by atoms with Gasteiger partial charge in [-0.3, -0.25) is 0 Å². The maximum atomic E-state index is 6.08. The molecule has 0 spiro atoms. The smallest absolute Gasteiger partial charge is 0.124 e. The van der Waals surface area contributed by atoms with Crippen LogP contribution in [0.4, 0.5) is 0 Å². The predicted octanol–water partition coefficient (Wildman–Crippen LogP) is 3.40. The molecule has 0 aliphatic carbocycles. The third-order valence-electron chi connectivity index (χ3n) is 2.72. The summed E-state index contributed by atoms with van der Waals surface area (Å²) in [5.41, 5.74) is 1.76. The summed E-state index contributed by atoms with van der Waals surface area (Å²) in [7, 11) is 0. The second-order valence-corrected chi connectivity index (χ2v) is 4.70. The van der Waals surface area contributed by atoms with Crippen LogP contribution in [0.15, 0.2) is 18.3 Å². The van der Waals surface area contributed by atoms with Crippen molar-refractivity contribution in [2.24, 2.45) is 0 Å². The molecule has 0 radical (unpaired) electrons. The fraction of sp³-hybridized carbons (Fsp3) is 0.429. The summed E-state index contributed by atoms with van der Waals surface area (Å²) in [6.45, 7) is 5.95. The largest absolute Gasteiger partial charge is 0.491 e. The lowest BCUT2D eigenvalue weighted by Crippen LogP contribution is -2.07. The van der Waals surface area contributed by atoms with Crippen LogP contribution in [0.2, 0.25) is 5.02 Å². The molecule has 19 heavy (non-hydrogen) atoms. The Morgan fingerprint density at radius 1 is 1.21 bits per heavy atom. The molecule has 1 aromatic heterocycles. The molecule has 0 saturated heterocycles. The van der Waals surface area contributed by atoms with E-state index in [0.717, 1.165) is 35.2 Å². The summed E-state index contributed by atoms with van der Waals surface area (Å²) in [4.78, 5) is 0. The minimum absolute atomic E-state index is 0.528. The van der Waals surface area contributed by atoms with E-state index in [0.29, 0.717) is 18.2 Å². The van der Waals surface area contributed by atoms with E-state index in [-0.39, 0.29) is 0 Å². The number of aryl methyl sites for hydroxylation is 1. The third kappa shape index (κ3) is 3.55. The Bertz CT molecular complexity index is 560. The summed E-state index contributed by atoms with van der Waals surface area (Å²) in [5, 5.41) is 9.39. The minimum Gasteiger partial charge on any atom is -0.491 e. The highest BCUT2D eigenvalue weighted by Gasteiger charge is 2.07. The van der Waals surface area contributed by atoms with Crippen molar-refractivity contribution >= 4 is 22.5 Å². The molecule has 0 N–H and O–H groups in total. The lowest BCUT2D eigenvalue weighted by atomic mass is 10.1. The molecule has 102 valence electrons. The van der Waals surface area contributed by atoms with Gasteiger partial charge in [0.15, 0.2) is 0 Å². The second-order valence-electron chi connectivity index (χ2n) is 4.29. The fourth-order valence-electron chi connectivity index (χ4n) is 1.78. The van der Waals surface area contributed by atoms with E-state index in [9.17, 15) is 0 Å². The van der Waals surface area contributed by atoms with Gasteiger partial charge in [0.05, 0.1) is 23.3 Å². The quantitative estimate of drug-likeness (QED) is 0.761. The number of halogens is 1. The van der Waals surface area contributed by atoms with Gasteiger partial charge >= 0.3 is 0 Å². The van der Waals surface area contributed by atoms with E-state index < -0.39 is 0 Å². The van der Waals surface area contributed by atoms with Gasteiger partial charge in [0, 0.05) is 18.1 Å². The molecular weight excluding hydrogens is 264 g/mol. The van der Waals surface area contributed by atoms with Crippen LogP contribution in [0.1, 0.15) is 18.9 Å². The van der Waals surface area contributed by atoms with Gasteiger partial charge in [-0.25, -0.2) is 0 Å². The fourth-order valence-corrected chi connectivity index (χ4v) is 1.97. The second kappa shape index (κ2) is 6.68. The molecule has 0 aliphatic rings. The molecule has 0 aliphatic heterocycles. The number of rotatable bonds is 6. The van der Waals surface area contributed by atoms with E-state index in [1.54, 1.807) is 6.20 Å². The van der Waals surface area contributed by atoms with E-state index >= 15 is 0 Å². The van der Waals surface area contributed by atoms with Crippen LogP contribution < -0.4 is 4.74 Å². The third-order valence-corrected chi connectivity index (χ3v) is 3.02. The van der Waals surface area contributed by atoms with Crippen molar-refractivity contribution in [2.45, 2.75) is 20.3 Å². The average molecular weight is 281 g/mol. The van der Waals surface area contributed by atoms with Crippen molar-refractivity contribution in [2.75, 3.05) is 19.8 Å². The van der Waals surface area contributed by atoms with Crippen LogP contribution in [-0.4, -0.2) is 30.0 Å². The standard InChI is InChI=1S/C14H17ClN2O2/c1-3-4-18-5-6-19-14-8-13-11(7-10(14)2)12(15)9-16-17-13/h7-9H,3-6H2,1-2H3. The number of benzene rings is 1. The van der Waals surface area contributed by atoms with Crippen molar-refractivity contribution in [3.63, 3.8) is 0 Å². The summed E-state index contributed by atoms with van der Waals surface area (Å²) < 4.78 is 11.1. The number of fused-ring (bicyclic) bond motifs is 1. The van der Waals surface area contributed by atoms with Gasteiger partial charge in [0.1, 0.15) is 12.4 Å². The Hall–Kier alpha value is -1.39. The van der Waals surface area contributed by atoms with Gasteiger partial charge in [-0.2, -0.15) is 10.2 Å². The van der Waals surface area contributed by atoms with E-state index in [1.165, 1.54) is 0 Å². The summed E-state index contributed by atoms with van der Waals surface area (Å²) in [6.07, 6.45) is 2.56. The van der Waals surface area contributed by atoms with Crippen LogP contribution in [0.25, 0.3) is 10.9 Å². The van der Waals surface area contributed by atoms with Gasteiger partial charge < -0.3 is 9.47 Å². The first-order valence-electron chi connectivity index (χ1n) is 6.34. The molecule has 1 aromatic carbocycles. The van der Waals surface area contributed by atoms with Crippen LogP contribution in [-0.2, 0) is 4.74 Å². The topological polar surface area (TPSA) is 44.2 Å². The molecule has 0 bridgehead atoms. The van der Waals surface area contributed by atoms with Crippen LogP contribution >= 0.6 is 11.6 Å². The molecule has 2 rings (SSSR count). The Kier molecular flexibility index (Phi) is 4.93. The van der Waals surface area contributed by atoms with Gasteiger partial charge in [0.25, 0.3) is 0 Å². The van der Waals surface area contributed by atoms with E-state index in [1.807, 2.05) is 19.1 Å². The maximum Gasteiger partial charge on any atom is 0.124 e. The van der Waals surface area contributed by atoms with Gasteiger partial charge in [0.2, 0.25) is 0 Å². The Labute approximate surface area is 117 Å². The average Bonchev–Trinajstić information content (AvgIpc) is 2.40. The van der Waals surface area contributed by atoms with E-state index in [4.69, 9.17) is 21.1 Å². The van der Waals surface area contributed by atoms with E-state index in [2.05, 4.69) is 17.1 Å². The van der Waals surface area contributed by atoms with Gasteiger partial charge in [-0.05, 0) is 25.0 Å². The minimum atomic E-state index is 0.528. The molecule has 1 heterocycles. The highest BCUT2D eigenvalue weighted by molar-refractivity contribution is 6.35. The molecule has 0 atom stereocenters. The predicted molar refractivity (Wildman–Crippen MR) is 75.9 cm³/mol. The normalized spacial score (nSPS) is 10.9. The van der Waals surface area contributed by atoms with Crippen molar-refractivity contribution in [3.8, 4) is 5.75 Å². The Morgan fingerprint density at radius 3 is 2.84 bits per heavy atom. The molecule has 2 aromatic rings. The molecule has 4 nitrogen and oxygen atoms in total. The summed E-state index contributed by atoms with van der Waals surface area (Å²) in [6, 6.07) is 3.83. The first-order chi connectivity index (χ1) is 9.22. The number of hydrogen-bond acceptors (Lipinski definition) is 4. The van der Waals surface area contributed by atoms with Crippen molar-refractivity contribution in [1.82, 2.24) is 10.2 Å². The molecular formula is C14H17ClN2O2. The zero-order chi connectivity index (χ0) is 13.7. The Morgan fingerprint density at radius 2 is 2.05 bits per heavy atom. The van der Waals surface area contributed by atoms with Gasteiger partial charge in [-0.15, -0.1) is 0 Å². The highest BCUT2D eigenvalue weighted by atomic mass is 35.5. The molecule has 0 unspecified atom stereocenters. The van der Waals surface area contributed by atoms with Crippen LogP contribution in [0.5, 0.6) is 5.75 Å². The van der Waals surface area contributed by atoms with Crippen molar-refractivity contribution in [3.05, 3.63) is 28.9 Å². The van der Waals surface area contributed by atoms with Crippen molar-refractivity contribution in [1.29, 1.82) is 0 Å². The molecule has 0 amide bonds. The number of nitrogens with zero attached hydrogens (tertiary/aromatic N) is 2. The van der Waals surface area contributed by atoms with Crippen LogP contribution in [0, 0.1) is 6.92 Å². The molecule has 0 fully saturated rings. The lowest BCUT2D eigenvalue weighted by Gasteiger charge is -2.10. The number of aromatic nitrogens is 2. The molecule has 0 saturated carbocycles. The van der Waals surface area contributed by atoms with Crippen LogP contribution in [0.3, 0.4) is 0 Å². The Balaban J connectivity index is 2.09.